The number of carbonyl (C=O) groups excluding carboxylic acids is 2. The maximum atomic E-state index is 12.4. The molecule has 0 radical (unpaired) electrons. The second-order valence-electron chi connectivity index (χ2n) is 5.07. The number of nitrogens with zero attached hydrogens (tertiary/aromatic N) is 2. The molecule has 1 amide bonds. The van der Waals surface area contributed by atoms with Crippen LogP contribution in [-0.2, 0) is 20.7 Å². The predicted molar refractivity (Wildman–Crippen MR) is 73.9 cm³/mol. The lowest BCUT2D eigenvalue weighted by atomic mass is 10.1. The van der Waals surface area contributed by atoms with Crippen LogP contribution < -0.4 is 0 Å². The number of pyridine rings is 1. The molecule has 20 heavy (non-hydrogen) atoms. The van der Waals surface area contributed by atoms with E-state index in [1.165, 1.54) is 7.11 Å². The average molecular weight is 276 g/mol. The topological polar surface area (TPSA) is 59.5 Å². The molecule has 0 N–H and O–H groups in total. The van der Waals surface area contributed by atoms with Crippen LogP contribution in [0.2, 0.25) is 0 Å². The maximum absolute atomic E-state index is 12.4. The van der Waals surface area contributed by atoms with E-state index in [1.807, 2.05) is 12.1 Å². The van der Waals surface area contributed by atoms with Gasteiger partial charge in [0.25, 0.3) is 0 Å². The fourth-order valence-electron chi connectivity index (χ4n) is 2.62. The molecule has 0 aromatic carbocycles. The van der Waals surface area contributed by atoms with Gasteiger partial charge in [-0.3, -0.25) is 14.6 Å². The molecule has 0 unspecified atom stereocenters. The molecule has 0 bridgehead atoms. The Kier molecular flexibility index (Phi) is 5.09. The zero-order chi connectivity index (χ0) is 14.4. The number of rotatable bonds is 5. The minimum atomic E-state index is -0.361. The smallest absolute Gasteiger partial charge is 0.325 e. The molecule has 5 nitrogen and oxygen atoms in total. The molecule has 1 aliphatic carbocycles. The van der Waals surface area contributed by atoms with Crippen molar-refractivity contribution in [2.45, 2.75) is 38.1 Å². The molecule has 1 fully saturated rings. The van der Waals surface area contributed by atoms with E-state index in [1.54, 1.807) is 17.3 Å². The number of esters is 1. The van der Waals surface area contributed by atoms with Crippen molar-refractivity contribution in [2.75, 3.05) is 13.7 Å². The number of ether oxygens (including phenoxy) is 1. The summed E-state index contributed by atoms with van der Waals surface area (Å²) in [6.45, 7) is 0.0467. The Morgan fingerprint density at radius 3 is 2.55 bits per heavy atom. The molecule has 0 spiro atoms. The fraction of sp³-hybridized carbons (Fsp3) is 0.533. The van der Waals surface area contributed by atoms with Gasteiger partial charge in [-0.15, -0.1) is 0 Å². The van der Waals surface area contributed by atoms with Crippen LogP contribution in [0.5, 0.6) is 0 Å². The minimum Gasteiger partial charge on any atom is -0.468 e. The van der Waals surface area contributed by atoms with E-state index in [9.17, 15) is 9.59 Å². The van der Waals surface area contributed by atoms with Crippen molar-refractivity contribution in [3.8, 4) is 0 Å². The van der Waals surface area contributed by atoms with Gasteiger partial charge in [0, 0.05) is 18.4 Å². The first-order chi connectivity index (χ1) is 9.70. The van der Waals surface area contributed by atoms with Crippen molar-refractivity contribution in [3.05, 3.63) is 30.1 Å². The van der Waals surface area contributed by atoms with Gasteiger partial charge in [0.15, 0.2) is 0 Å². The highest BCUT2D eigenvalue weighted by atomic mass is 16.5. The predicted octanol–water partition coefficient (Wildman–Crippen LogP) is 1.57. The van der Waals surface area contributed by atoms with Gasteiger partial charge in [0.2, 0.25) is 5.91 Å². The van der Waals surface area contributed by atoms with Crippen LogP contribution in [0.4, 0.5) is 0 Å². The molecule has 1 aromatic rings. The molecule has 1 aliphatic rings. The Morgan fingerprint density at radius 1 is 1.30 bits per heavy atom. The van der Waals surface area contributed by atoms with Gasteiger partial charge in [0.05, 0.1) is 13.5 Å². The van der Waals surface area contributed by atoms with Crippen molar-refractivity contribution in [3.63, 3.8) is 0 Å². The highest BCUT2D eigenvalue weighted by molar-refractivity contribution is 5.83. The number of aromatic nitrogens is 1. The van der Waals surface area contributed by atoms with Gasteiger partial charge in [-0.2, -0.15) is 0 Å². The summed E-state index contributed by atoms with van der Waals surface area (Å²) >= 11 is 0. The minimum absolute atomic E-state index is 0.0199. The normalized spacial score (nSPS) is 15.1. The number of amides is 1. The average Bonchev–Trinajstić information content (AvgIpc) is 2.99. The molecular weight excluding hydrogens is 256 g/mol. The Balaban J connectivity index is 2.04. The monoisotopic (exact) mass is 276 g/mol. The fourth-order valence-corrected chi connectivity index (χ4v) is 2.62. The van der Waals surface area contributed by atoms with E-state index in [-0.39, 0.29) is 24.5 Å². The molecule has 0 aliphatic heterocycles. The first-order valence-electron chi connectivity index (χ1n) is 6.96. The summed E-state index contributed by atoms with van der Waals surface area (Å²) in [4.78, 5) is 29.6. The molecule has 1 saturated carbocycles. The summed E-state index contributed by atoms with van der Waals surface area (Å²) in [5.74, 6) is -0.381. The van der Waals surface area contributed by atoms with Gasteiger partial charge in [-0.05, 0) is 30.5 Å². The highest BCUT2D eigenvalue weighted by Gasteiger charge is 2.28. The molecule has 108 valence electrons. The van der Waals surface area contributed by atoms with Crippen molar-refractivity contribution >= 4 is 11.9 Å². The molecular formula is C15H20N2O3. The highest BCUT2D eigenvalue weighted by Crippen LogP contribution is 2.24. The summed E-state index contributed by atoms with van der Waals surface area (Å²) in [7, 11) is 1.35. The summed E-state index contributed by atoms with van der Waals surface area (Å²) in [5, 5.41) is 0. The van der Waals surface area contributed by atoms with Crippen LogP contribution in [0.1, 0.15) is 31.2 Å². The van der Waals surface area contributed by atoms with Gasteiger partial charge in [0.1, 0.15) is 6.54 Å². The van der Waals surface area contributed by atoms with Crippen LogP contribution >= 0.6 is 0 Å². The zero-order valence-corrected chi connectivity index (χ0v) is 11.7. The Morgan fingerprint density at radius 2 is 1.95 bits per heavy atom. The van der Waals surface area contributed by atoms with Crippen LogP contribution in [-0.4, -0.2) is 41.5 Å². The Hall–Kier alpha value is -1.91. The van der Waals surface area contributed by atoms with E-state index in [2.05, 4.69) is 4.98 Å². The molecule has 2 rings (SSSR count). The summed E-state index contributed by atoms with van der Waals surface area (Å²) in [6, 6.07) is 3.81. The molecule has 0 atom stereocenters. The first-order valence-corrected chi connectivity index (χ1v) is 6.96. The van der Waals surface area contributed by atoms with Gasteiger partial charge in [-0.1, -0.05) is 12.8 Å². The van der Waals surface area contributed by atoms with E-state index in [0.29, 0.717) is 6.42 Å². The maximum Gasteiger partial charge on any atom is 0.325 e. The SMILES string of the molecule is COC(=O)CN(C(=O)Cc1ccncc1)C1CCCC1. The second-order valence-corrected chi connectivity index (χ2v) is 5.07. The van der Waals surface area contributed by atoms with Crippen molar-refractivity contribution in [1.29, 1.82) is 0 Å². The standard InChI is InChI=1S/C15H20N2O3/c1-20-15(19)11-17(13-4-2-3-5-13)14(18)10-12-6-8-16-9-7-12/h6-9,13H,2-5,10-11H2,1H3. The van der Waals surface area contributed by atoms with Gasteiger partial charge < -0.3 is 9.64 Å². The molecule has 1 aromatic heterocycles. The van der Waals surface area contributed by atoms with Gasteiger partial charge >= 0.3 is 5.97 Å². The first kappa shape index (κ1) is 14.5. The van der Waals surface area contributed by atoms with E-state index >= 15 is 0 Å². The van der Waals surface area contributed by atoms with Crippen molar-refractivity contribution < 1.29 is 14.3 Å². The van der Waals surface area contributed by atoms with E-state index in [0.717, 1.165) is 31.2 Å². The quantitative estimate of drug-likeness (QED) is 0.766. The summed E-state index contributed by atoms with van der Waals surface area (Å²) < 4.78 is 4.70. The lowest BCUT2D eigenvalue weighted by Gasteiger charge is -2.28. The second kappa shape index (κ2) is 7.03. The Labute approximate surface area is 118 Å². The Bertz CT molecular complexity index is 455. The summed E-state index contributed by atoms with van der Waals surface area (Å²) in [6.07, 6.45) is 7.82. The third-order valence-corrected chi connectivity index (χ3v) is 3.72. The third kappa shape index (κ3) is 3.79. The number of carbonyl (C=O) groups is 2. The number of methoxy groups -OCH3 is 1. The largest absolute Gasteiger partial charge is 0.468 e. The number of hydrogen-bond acceptors (Lipinski definition) is 4. The van der Waals surface area contributed by atoms with Crippen molar-refractivity contribution in [1.82, 2.24) is 9.88 Å². The zero-order valence-electron chi connectivity index (χ0n) is 11.7. The third-order valence-electron chi connectivity index (χ3n) is 3.72. The molecule has 5 heteroatoms. The van der Waals surface area contributed by atoms with Gasteiger partial charge in [-0.25, -0.2) is 0 Å². The van der Waals surface area contributed by atoms with Crippen molar-refractivity contribution in [2.24, 2.45) is 0 Å². The van der Waals surface area contributed by atoms with E-state index < -0.39 is 0 Å². The van der Waals surface area contributed by atoms with Crippen LogP contribution in [0, 0.1) is 0 Å². The van der Waals surface area contributed by atoms with Crippen LogP contribution in [0.3, 0.4) is 0 Å². The molecule has 0 saturated heterocycles. The van der Waals surface area contributed by atoms with Crippen LogP contribution in [0.15, 0.2) is 24.5 Å². The number of hydrogen-bond donors (Lipinski definition) is 0. The van der Waals surface area contributed by atoms with E-state index in [4.69, 9.17) is 4.74 Å². The van der Waals surface area contributed by atoms with Crippen LogP contribution in [0.25, 0.3) is 0 Å². The molecule has 1 heterocycles. The lowest BCUT2D eigenvalue weighted by Crippen LogP contribution is -2.43. The summed E-state index contributed by atoms with van der Waals surface area (Å²) in [5.41, 5.74) is 0.915. The lowest BCUT2D eigenvalue weighted by molar-refractivity contribution is -0.148.